The number of hydrogen-bond donors (Lipinski definition) is 1. The lowest BCUT2D eigenvalue weighted by atomic mass is 9.81. The zero-order chi connectivity index (χ0) is 28.4. The lowest BCUT2D eigenvalue weighted by Gasteiger charge is -2.32. The maximum Gasteiger partial charge on any atom is 0.249 e. The number of nitrogens with one attached hydrogen (secondary N) is 1. The molecule has 2 aliphatic rings. The van der Waals surface area contributed by atoms with Gasteiger partial charge in [0.2, 0.25) is 17.7 Å². The molecule has 4 aromatic rings. The van der Waals surface area contributed by atoms with E-state index in [-0.39, 0.29) is 35.9 Å². The number of rotatable bonds is 8. The molecular formula is C26H23Cl2F2N5O4S. The van der Waals surface area contributed by atoms with Crippen molar-refractivity contribution >= 4 is 55.5 Å². The van der Waals surface area contributed by atoms with E-state index in [9.17, 15) is 22.0 Å². The molecule has 2 aromatic heterocycles. The van der Waals surface area contributed by atoms with Crippen LogP contribution in [0.15, 0.2) is 45.9 Å². The molecule has 1 N–H and O–H groups in total. The number of hydrogen-bond acceptors (Lipinski definition) is 7. The third-order valence-electron chi connectivity index (χ3n) is 7.51. The van der Waals surface area contributed by atoms with Crippen LogP contribution in [-0.4, -0.2) is 45.9 Å². The van der Waals surface area contributed by atoms with Crippen LogP contribution in [0.25, 0.3) is 10.9 Å². The first-order chi connectivity index (χ1) is 18.9. The summed E-state index contributed by atoms with van der Waals surface area (Å²) >= 11 is 13.3. The summed E-state index contributed by atoms with van der Waals surface area (Å²) in [4.78, 5) is 17.5. The maximum atomic E-state index is 13.3. The molecule has 40 heavy (non-hydrogen) atoms. The van der Waals surface area contributed by atoms with Crippen LogP contribution in [0, 0.1) is 0 Å². The van der Waals surface area contributed by atoms with Gasteiger partial charge in [0.15, 0.2) is 15.7 Å². The second-order valence-electron chi connectivity index (χ2n) is 10.3. The topological polar surface area (TPSA) is 120 Å². The van der Waals surface area contributed by atoms with Gasteiger partial charge >= 0.3 is 0 Å². The number of anilines is 1. The molecular weight excluding hydrogens is 587 g/mol. The van der Waals surface area contributed by atoms with Crippen molar-refractivity contribution in [2.75, 3.05) is 11.1 Å². The SMILES string of the molecule is CCS(=O)(=O)c1ccc2c(cnn2CC(=O)Nc2cc(Cl)c(C3(c4noc(C5CC(F)(F)C5)n4)CC3)c(Cl)c2)c1. The van der Waals surface area contributed by atoms with Crippen LogP contribution >= 0.6 is 23.2 Å². The van der Waals surface area contributed by atoms with E-state index in [0.29, 0.717) is 50.9 Å². The summed E-state index contributed by atoms with van der Waals surface area (Å²) in [6.45, 7) is 1.45. The molecule has 0 bridgehead atoms. The Morgan fingerprint density at radius 3 is 2.50 bits per heavy atom. The van der Waals surface area contributed by atoms with E-state index in [1.807, 2.05) is 0 Å². The number of fused-ring (bicyclic) bond motifs is 1. The van der Waals surface area contributed by atoms with Gasteiger partial charge in [0.1, 0.15) is 6.54 Å². The van der Waals surface area contributed by atoms with Gasteiger partial charge in [-0.05, 0) is 43.2 Å². The van der Waals surface area contributed by atoms with Crippen molar-refractivity contribution in [2.24, 2.45) is 0 Å². The Bertz CT molecular complexity index is 1740. The molecule has 0 unspecified atom stereocenters. The zero-order valence-electron chi connectivity index (χ0n) is 21.1. The Labute approximate surface area is 237 Å². The van der Waals surface area contributed by atoms with Crippen LogP contribution in [0.1, 0.15) is 55.8 Å². The number of carbonyl (C=O) groups is 1. The Morgan fingerprint density at radius 2 is 1.88 bits per heavy atom. The van der Waals surface area contributed by atoms with Crippen molar-refractivity contribution in [1.29, 1.82) is 0 Å². The minimum Gasteiger partial charge on any atom is -0.339 e. The largest absolute Gasteiger partial charge is 0.339 e. The van der Waals surface area contributed by atoms with Crippen LogP contribution < -0.4 is 5.32 Å². The molecule has 2 fully saturated rings. The summed E-state index contributed by atoms with van der Waals surface area (Å²) in [5.74, 6) is -3.02. The average Bonchev–Trinajstić information content (AvgIpc) is 3.32. The highest BCUT2D eigenvalue weighted by Gasteiger charge is 2.54. The van der Waals surface area contributed by atoms with Crippen molar-refractivity contribution in [3.8, 4) is 0 Å². The first-order valence-electron chi connectivity index (χ1n) is 12.6. The number of nitrogens with zero attached hydrogens (tertiary/aromatic N) is 4. The molecule has 6 rings (SSSR count). The second-order valence-corrected chi connectivity index (χ2v) is 13.4. The second kappa shape index (κ2) is 9.49. The molecule has 1 amide bonds. The fraction of sp³-hybridized carbons (Fsp3) is 0.385. The van der Waals surface area contributed by atoms with Gasteiger partial charge < -0.3 is 9.84 Å². The van der Waals surface area contributed by atoms with Crippen LogP contribution in [0.4, 0.5) is 14.5 Å². The van der Waals surface area contributed by atoms with Crippen molar-refractivity contribution in [3.63, 3.8) is 0 Å². The lowest BCUT2D eigenvalue weighted by molar-refractivity contribution is -0.116. The molecule has 0 atom stereocenters. The highest BCUT2D eigenvalue weighted by atomic mass is 35.5. The lowest BCUT2D eigenvalue weighted by Crippen LogP contribution is -2.33. The van der Waals surface area contributed by atoms with Gasteiger partial charge in [-0.1, -0.05) is 35.3 Å². The van der Waals surface area contributed by atoms with Gasteiger partial charge in [-0.15, -0.1) is 0 Å². The van der Waals surface area contributed by atoms with Crippen LogP contribution in [-0.2, 0) is 26.6 Å². The molecule has 210 valence electrons. The monoisotopic (exact) mass is 609 g/mol. The van der Waals surface area contributed by atoms with E-state index in [4.69, 9.17) is 27.7 Å². The number of alkyl halides is 2. The van der Waals surface area contributed by atoms with E-state index in [1.165, 1.54) is 23.0 Å². The molecule has 14 heteroatoms. The van der Waals surface area contributed by atoms with Crippen molar-refractivity contribution in [3.05, 3.63) is 63.9 Å². The number of carbonyl (C=O) groups excluding carboxylic acids is 1. The van der Waals surface area contributed by atoms with Crippen LogP contribution in [0.5, 0.6) is 0 Å². The average molecular weight is 610 g/mol. The first-order valence-corrected chi connectivity index (χ1v) is 15.0. The third kappa shape index (κ3) is 4.75. The molecule has 0 radical (unpaired) electrons. The molecule has 0 aliphatic heterocycles. The van der Waals surface area contributed by atoms with Gasteiger partial charge in [0, 0.05) is 45.4 Å². The minimum atomic E-state index is -3.37. The number of sulfone groups is 1. The van der Waals surface area contributed by atoms with Gasteiger partial charge in [0.05, 0.1) is 27.8 Å². The number of benzene rings is 2. The fourth-order valence-corrected chi connectivity index (χ4v) is 6.90. The fourth-order valence-electron chi connectivity index (χ4n) is 5.13. The van der Waals surface area contributed by atoms with E-state index in [1.54, 1.807) is 25.1 Å². The molecule has 2 saturated carbocycles. The summed E-state index contributed by atoms with van der Waals surface area (Å²) in [5.41, 5.74) is 0.897. The molecule has 2 aliphatic carbocycles. The summed E-state index contributed by atoms with van der Waals surface area (Å²) < 4.78 is 57.7. The van der Waals surface area contributed by atoms with Gasteiger partial charge in [-0.3, -0.25) is 9.48 Å². The Hall–Kier alpha value is -3.09. The Kier molecular flexibility index (Phi) is 6.43. The van der Waals surface area contributed by atoms with E-state index in [0.717, 1.165) is 0 Å². The minimum absolute atomic E-state index is 0.0157. The summed E-state index contributed by atoms with van der Waals surface area (Å²) in [5, 5.41) is 12.3. The van der Waals surface area contributed by atoms with E-state index in [2.05, 4.69) is 20.6 Å². The summed E-state index contributed by atoms with van der Waals surface area (Å²) in [6, 6.07) is 7.82. The molecule has 0 spiro atoms. The van der Waals surface area contributed by atoms with Gasteiger partial charge in [-0.25, -0.2) is 17.2 Å². The molecule has 9 nitrogen and oxygen atoms in total. The van der Waals surface area contributed by atoms with Crippen molar-refractivity contribution in [1.82, 2.24) is 19.9 Å². The van der Waals surface area contributed by atoms with Crippen molar-refractivity contribution < 1.29 is 26.5 Å². The zero-order valence-corrected chi connectivity index (χ0v) is 23.5. The van der Waals surface area contributed by atoms with E-state index < -0.39 is 33.0 Å². The van der Waals surface area contributed by atoms with Gasteiger partial charge in [0.25, 0.3) is 0 Å². The third-order valence-corrected chi connectivity index (χ3v) is 9.84. The van der Waals surface area contributed by atoms with Crippen molar-refractivity contribution in [2.45, 2.75) is 61.3 Å². The van der Waals surface area contributed by atoms with Crippen LogP contribution in [0.3, 0.4) is 0 Å². The predicted octanol–water partition coefficient (Wildman–Crippen LogP) is 5.75. The normalized spacial score (nSPS) is 18.0. The number of aromatic nitrogens is 4. The maximum absolute atomic E-state index is 13.3. The quantitative estimate of drug-likeness (QED) is 0.270. The predicted molar refractivity (Wildman–Crippen MR) is 144 cm³/mol. The first kappa shape index (κ1) is 27.1. The summed E-state index contributed by atoms with van der Waals surface area (Å²) in [6.07, 6.45) is 2.20. The summed E-state index contributed by atoms with van der Waals surface area (Å²) in [7, 11) is -3.37. The molecule has 2 heterocycles. The molecule has 0 saturated heterocycles. The number of amides is 1. The van der Waals surface area contributed by atoms with E-state index >= 15 is 0 Å². The Morgan fingerprint density at radius 1 is 1.18 bits per heavy atom. The smallest absolute Gasteiger partial charge is 0.249 e. The Balaban J connectivity index is 1.18. The van der Waals surface area contributed by atoms with Gasteiger partial charge in [-0.2, -0.15) is 10.1 Å². The highest BCUT2D eigenvalue weighted by molar-refractivity contribution is 7.91. The highest BCUT2D eigenvalue weighted by Crippen LogP contribution is 2.57. The van der Waals surface area contributed by atoms with Crippen LogP contribution in [0.2, 0.25) is 10.0 Å². The standard InChI is InChI=1S/C26H23Cl2F2N5O4S/c1-2-40(37,38)17-3-4-20-14(7-17)12-31-35(20)13-21(36)32-16-8-18(27)22(19(28)9-16)25(5-6-25)24-33-23(39-34-24)15-10-26(29,30)11-15/h3-4,7-9,12,15H,2,5-6,10-11,13H2,1H3,(H,32,36). The molecule has 2 aromatic carbocycles. The number of halogens is 4.